The fourth-order valence-corrected chi connectivity index (χ4v) is 2.34. The zero-order chi connectivity index (χ0) is 14.6. The molecule has 0 aromatic heterocycles. The molecule has 1 rings (SSSR count). The first-order chi connectivity index (χ1) is 8.76. The summed E-state index contributed by atoms with van der Waals surface area (Å²) < 4.78 is 13.3. The lowest BCUT2D eigenvalue weighted by Gasteiger charge is -2.23. The van der Waals surface area contributed by atoms with Crippen molar-refractivity contribution >= 4 is 23.1 Å². The molecule has 1 aromatic rings. The van der Waals surface area contributed by atoms with Crippen LogP contribution < -0.4 is 5.32 Å². The number of nitro benzene ring substituents is 1. The van der Waals surface area contributed by atoms with E-state index in [2.05, 4.69) is 5.32 Å². The molecule has 0 saturated carbocycles. The van der Waals surface area contributed by atoms with Crippen LogP contribution in [0.4, 0.5) is 15.8 Å². The summed E-state index contributed by atoms with van der Waals surface area (Å²) >= 11 is 1.48. The van der Waals surface area contributed by atoms with Gasteiger partial charge in [0.2, 0.25) is 0 Å². The fraction of sp³-hybridized carbons (Fsp3) is 0.500. The number of aliphatic hydroxyl groups is 1. The lowest BCUT2D eigenvalue weighted by molar-refractivity contribution is -0.384. The maximum Gasteiger partial charge on any atom is 0.295 e. The zero-order valence-electron chi connectivity index (χ0n) is 11.1. The number of rotatable bonds is 6. The molecule has 0 aliphatic heterocycles. The van der Waals surface area contributed by atoms with E-state index in [0.29, 0.717) is 11.3 Å². The molecule has 0 aliphatic rings. The molecule has 0 bridgehead atoms. The third kappa shape index (κ3) is 4.36. The normalized spacial score (nSPS) is 13.9. The third-order valence-corrected chi connectivity index (χ3v) is 3.50. The number of halogens is 1. The van der Waals surface area contributed by atoms with Gasteiger partial charge in [-0.15, -0.1) is 0 Å². The van der Waals surface area contributed by atoms with Crippen LogP contribution in [0, 0.1) is 22.9 Å². The molecular weight excluding hydrogens is 271 g/mol. The van der Waals surface area contributed by atoms with Gasteiger partial charge in [-0.25, -0.2) is 4.39 Å². The number of aryl methyl sites for hydroxylation is 1. The Morgan fingerprint density at radius 3 is 2.74 bits per heavy atom. The Balaban J connectivity index is 2.94. The van der Waals surface area contributed by atoms with Crippen LogP contribution in [0.2, 0.25) is 0 Å². The number of hydrogen-bond acceptors (Lipinski definition) is 5. The van der Waals surface area contributed by atoms with Crippen molar-refractivity contribution in [2.75, 3.05) is 23.9 Å². The first kappa shape index (κ1) is 15.7. The summed E-state index contributed by atoms with van der Waals surface area (Å²) in [6.45, 7) is 3.32. The highest BCUT2D eigenvalue weighted by Gasteiger charge is 2.22. The number of nitro groups is 1. The van der Waals surface area contributed by atoms with Gasteiger partial charge in [-0.2, -0.15) is 11.8 Å². The van der Waals surface area contributed by atoms with Crippen molar-refractivity contribution in [1.29, 1.82) is 0 Å². The molecule has 0 amide bonds. The second-order valence-corrected chi connectivity index (χ2v) is 5.53. The summed E-state index contributed by atoms with van der Waals surface area (Å²) in [6.07, 6.45) is 1.86. The maximum atomic E-state index is 13.3. The van der Waals surface area contributed by atoms with Gasteiger partial charge in [0, 0.05) is 12.3 Å². The second-order valence-electron chi connectivity index (χ2n) is 4.66. The average molecular weight is 288 g/mol. The Morgan fingerprint density at radius 1 is 1.58 bits per heavy atom. The summed E-state index contributed by atoms with van der Waals surface area (Å²) in [5, 5.41) is 23.7. The van der Waals surface area contributed by atoms with Gasteiger partial charge in [0.05, 0.1) is 16.6 Å². The number of benzene rings is 1. The molecule has 0 aliphatic carbocycles. The van der Waals surface area contributed by atoms with Gasteiger partial charge < -0.3 is 10.4 Å². The van der Waals surface area contributed by atoms with Crippen LogP contribution in [0.25, 0.3) is 0 Å². The van der Waals surface area contributed by atoms with Crippen LogP contribution in [0.15, 0.2) is 12.1 Å². The molecule has 0 fully saturated rings. The number of hydrogen-bond donors (Lipinski definition) is 2. The van der Waals surface area contributed by atoms with Crippen LogP contribution in [-0.2, 0) is 0 Å². The molecule has 5 nitrogen and oxygen atoms in total. The smallest absolute Gasteiger partial charge is 0.295 e. The van der Waals surface area contributed by atoms with Crippen LogP contribution in [-0.4, -0.2) is 34.2 Å². The van der Waals surface area contributed by atoms with E-state index in [0.717, 1.165) is 6.07 Å². The molecule has 0 spiro atoms. The van der Waals surface area contributed by atoms with E-state index in [1.165, 1.54) is 24.8 Å². The van der Waals surface area contributed by atoms with Crippen LogP contribution in [0.1, 0.15) is 12.5 Å². The Hall–Kier alpha value is -1.34. The first-order valence-electron chi connectivity index (χ1n) is 5.66. The molecule has 0 radical (unpaired) electrons. The van der Waals surface area contributed by atoms with Crippen LogP contribution >= 0.6 is 11.8 Å². The van der Waals surface area contributed by atoms with Crippen LogP contribution in [0.5, 0.6) is 0 Å². The molecule has 1 aromatic carbocycles. The predicted molar refractivity (Wildman–Crippen MR) is 75.3 cm³/mol. The number of nitrogens with one attached hydrogen (secondary N) is 1. The minimum atomic E-state index is -0.990. The molecule has 0 saturated heterocycles. The summed E-state index contributed by atoms with van der Waals surface area (Å²) in [5.74, 6) is -0.123. The molecule has 2 N–H and O–H groups in total. The molecule has 0 heterocycles. The molecular formula is C12H17FN2O3S. The largest absolute Gasteiger partial charge is 0.387 e. The molecule has 19 heavy (non-hydrogen) atoms. The van der Waals surface area contributed by atoms with E-state index in [4.69, 9.17) is 0 Å². The molecule has 1 atom stereocenters. The van der Waals surface area contributed by atoms with Crippen molar-refractivity contribution in [3.63, 3.8) is 0 Å². The number of thioether (sulfide) groups is 1. The minimum Gasteiger partial charge on any atom is -0.387 e. The monoisotopic (exact) mass is 288 g/mol. The Kier molecular flexibility index (Phi) is 5.13. The average Bonchev–Trinajstić information content (AvgIpc) is 2.30. The standard InChI is InChI=1S/C12H17FN2O3S/c1-8-4-10(11(15(17)18)5-9(8)13)14-6-12(2,16)7-19-3/h4-5,14,16H,6-7H2,1-3H3. The highest BCUT2D eigenvalue weighted by Crippen LogP contribution is 2.28. The third-order valence-electron chi connectivity index (χ3n) is 2.59. The second kappa shape index (κ2) is 6.21. The zero-order valence-corrected chi connectivity index (χ0v) is 11.9. The van der Waals surface area contributed by atoms with E-state index in [1.807, 2.05) is 6.26 Å². The van der Waals surface area contributed by atoms with Crippen molar-refractivity contribution in [2.24, 2.45) is 0 Å². The topological polar surface area (TPSA) is 75.4 Å². The van der Waals surface area contributed by atoms with Gasteiger partial charge in [-0.05, 0) is 31.7 Å². The lowest BCUT2D eigenvalue weighted by Crippen LogP contribution is -2.36. The minimum absolute atomic E-state index is 0.153. The summed E-state index contributed by atoms with van der Waals surface area (Å²) in [6, 6.07) is 2.27. The summed E-state index contributed by atoms with van der Waals surface area (Å²) in [5.41, 5.74) is -0.791. The highest BCUT2D eigenvalue weighted by atomic mass is 32.2. The van der Waals surface area contributed by atoms with E-state index in [1.54, 1.807) is 6.92 Å². The highest BCUT2D eigenvalue weighted by molar-refractivity contribution is 7.98. The fourth-order valence-electron chi connectivity index (χ4n) is 1.61. The number of nitrogens with zero attached hydrogens (tertiary/aromatic N) is 1. The van der Waals surface area contributed by atoms with Crippen molar-refractivity contribution in [3.05, 3.63) is 33.6 Å². The lowest BCUT2D eigenvalue weighted by atomic mass is 10.1. The summed E-state index contributed by atoms with van der Waals surface area (Å²) in [7, 11) is 0. The van der Waals surface area contributed by atoms with Crippen molar-refractivity contribution in [2.45, 2.75) is 19.4 Å². The SMILES string of the molecule is CSCC(C)(O)CNc1cc(C)c(F)cc1[N+](=O)[O-]. The van der Waals surface area contributed by atoms with Crippen molar-refractivity contribution < 1.29 is 14.4 Å². The van der Waals surface area contributed by atoms with Gasteiger partial charge in [0.15, 0.2) is 0 Å². The maximum absolute atomic E-state index is 13.3. The first-order valence-corrected chi connectivity index (χ1v) is 7.06. The Morgan fingerprint density at radius 2 is 2.21 bits per heavy atom. The van der Waals surface area contributed by atoms with Gasteiger partial charge >= 0.3 is 0 Å². The molecule has 106 valence electrons. The predicted octanol–water partition coefficient (Wildman–Crippen LogP) is 2.57. The van der Waals surface area contributed by atoms with E-state index in [9.17, 15) is 19.6 Å². The molecule has 7 heteroatoms. The quantitative estimate of drug-likeness (QED) is 0.621. The van der Waals surface area contributed by atoms with E-state index in [-0.39, 0.29) is 17.9 Å². The Bertz CT molecular complexity index is 480. The van der Waals surface area contributed by atoms with Crippen molar-refractivity contribution in [3.8, 4) is 0 Å². The Labute approximate surface area is 115 Å². The van der Waals surface area contributed by atoms with Crippen LogP contribution in [0.3, 0.4) is 0 Å². The van der Waals surface area contributed by atoms with Gasteiger partial charge in [0.25, 0.3) is 5.69 Å². The van der Waals surface area contributed by atoms with E-state index >= 15 is 0 Å². The van der Waals surface area contributed by atoms with Gasteiger partial charge in [-0.3, -0.25) is 10.1 Å². The van der Waals surface area contributed by atoms with Gasteiger partial charge in [-0.1, -0.05) is 0 Å². The van der Waals surface area contributed by atoms with E-state index < -0.39 is 16.3 Å². The summed E-state index contributed by atoms with van der Waals surface area (Å²) in [4.78, 5) is 10.2. The van der Waals surface area contributed by atoms with Crippen molar-refractivity contribution in [1.82, 2.24) is 0 Å². The molecule has 1 unspecified atom stereocenters. The number of anilines is 1. The van der Waals surface area contributed by atoms with Gasteiger partial charge in [0.1, 0.15) is 11.5 Å².